The van der Waals surface area contributed by atoms with Gasteiger partial charge in [0.25, 0.3) is 0 Å². The van der Waals surface area contributed by atoms with Crippen LogP contribution in [0.15, 0.2) is 96.0 Å². The zero-order valence-electron chi connectivity index (χ0n) is 14.9. The minimum Gasteiger partial charge on any atom is -0.337 e. The van der Waals surface area contributed by atoms with Gasteiger partial charge in [0, 0.05) is 25.2 Å². The molecule has 0 amide bonds. The number of aliphatic imine (C=N–C) groups is 1. The van der Waals surface area contributed by atoms with Gasteiger partial charge in [-0.25, -0.2) is 0 Å². The summed E-state index contributed by atoms with van der Waals surface area (Å²) in [5, 5.41) is 1.90. The first kappa shape index (κ1) is 16.2. The van der Waals surface area contributed by atoms with E-state index in [2.05, 4.69) is 24.3 Å². The molecular formula is C22H21N3O. The fraction of sp³-hybridized carbons (Fsp3) is 0.136. The van der Waals surface area contributed by atoms with Gasteiger partial charge < -0.3 is 9.74 Å². The summed E-state index contributed by atoms with van der Waals surface area (Å²) < 4.78 is 0. The largest absolute Gasteiger partial charge is 0.337 e. The van der Waals surface area contributed by atoms with Crippen LogP contribution in [0.1, 0.15) is 11.1 Å². The third kappa shape index (κ3) is 2.60. The molecule has 26 heavy (non-hydrogen) atoms. The van der Waals surface area contributed by atoms with E-state index >= 15 is 0 Å². The minimum absolute atomic E-state index is 0.571. The summed E-state index contributed by atoms with van der Waals surface area (Å²) in [6.45, 7) is 0. The Bertz CT molecular complexity index is 853. The van der Waals surface area contributed by atoms with Crippen LogP contribution in [-0.4, -0.2) is 25.0 Å². The van der Waals surface area contributed by atoms with Crippen molar-refractivity contribution in [2.45, 2.75) is 5.66 Å². The van der Waals surface area contributed by atoms with Gasteiger partial charge >= 0.3 is 6.02 Å². The molecule has 0 aromatic heterocycles. The Balaban J connectivity index is 1.99. The fourth-order valence-electron chi connectivity index (χ4n) is 3.21. The predicted octanol–water partition coefficient (Wildman–Crippen LogP) is 4.26. The van der Waals surface area contributed by atoms with Gasteiger partial charge in [-0.15, -0.1) is 0 Å². The molecule has 4 rings (SSSR count). The topological polar surface area (TPSA) is 28.1 Å². The standard InChI is InChI=1S/C22H21N3O/c1-24(2)21-23-22(18-12-6-3-7-13-18,19-14-8-4-9-15-19)25(26-21)20-16-10-5-11-17-20/h3-17H,1-2H3. The summed E-state index contributed by atoms with van der Waals surface area (Å²) in [5.41, 5.74) is 2.25. The molecule has 4 nitrogen and oxygen atoms in total. The smallest absolute Gasteiger partial charge is 0.317 e. The van der Waals surface area contributed by atoms with Crippen LogP contribution in [0.3, 0.4) is 0 Å². The number of rotatable bonds is 3. The van der Waals surface area contributed by atoms with Crippen molar-refractivity contribution in [1.29, 1.82) is 0 Å². The Kier molecular flexibility index (Phi) is 4.09. The van der Waals surface area contributed by atoms with Gasteiger partial charge in [-0.3, -0.25) is 0 Å². The van der Waals surface area contributed by atoms with Crippen molar-refractivity contribution in [3.05, 3.63) is 102 Å². The van der Waals surface area contributed by atoms with Crippen molar-refractivity contribution in [2.75, 3.05) is 19.2 Å². The van der Waals surface area contributed by atoms with Gasteiger partial charge in [0.1, 0.15) is 0 Å². The predicted molar refractivity (Wildman–Crippen MR) is 105 cm³/mol. The molecule has 0 saturated carbocycles. The lowest BCUT2D eigenvalue weighted by atomic mass is 9.91. The van der Waals surface area contributed by atoms with Crippen LogP contribution in [0.5, 0.6) is 0 Å². The summed E-state index contributed by atoms with van der Waals surface area (Å²) >= 11 is 0. The van der Waals surface area contributed by atoms with E-state index in [1.807, 2.05) is 90.8 Å². The molecule has 0 aliphatic carbocycles. The first-order valence-corrected chi connectivity index (χ1v) is 8.63. The van der Waals surface area contributed by atoms with E-state index in [1.54, 1.807) is 0 Å². The maximum Gasteiger partial charge on any atom is 0.317 e. The molecule has 1 heterocycles. The van der Waals surface area contributed by atoms with E-state index in [0.717, 1.165) is 16.8 Å². The number of nitrogens with zero attached hydrogens (tertiary/aromatic N) is 3. The molecule has 0 saturated heterocycles. The van der Waals surface area contributed by atoms with E-state index in [4.69, 9.17) is 9.83 Å². The highest BCUT2D eigenvalue weighted by atomic mass is 16.7. The van der Waals surface area contributed by atoms with Crippen LogP contribution in [0.2, 0.25) is 0 Å². The average Bonchev–Trinajstić information content (AvgIpc) is 3.12. The minimum atomic E-state index is -0.788. The summed E-state index contributed by atoms with van der Waals surface area (Å²) in [7, 11) is 3.88. The second-order valence-corrected chi connectivity index (χ2v) is 6.41. The monoisotopic (exact) mass is 343 g/mol. The zero-order chi connectivity index (χ0) is 18.0. The van der Waals surface area contributed by atoms with Gasteiger partial charge in [0.05, 0.1) is 5.69 Å². The lowest BCUT2D eigenvalue weighted by molar-refractivity contribution is 0.208. The maximum absolute atomic E-state index is 6.24. The van der Waals surface area contributed by atoms with Gasteiger partial charge in [-0.05, 0) is 12.1 Å². The third-order valence-electron chi connectivity index (χ3n) is 4.45. The summed E-state index contributed by atoms with van der Waals surface area (Å²) in [4.78, 5) is 13.2. The van der Waals surface area contributed by atoms with Crippen molar-refractivity contribution >= 4 is 11.7 Å². The van der Waals surface area contributed by atoms with Gasteiger partial charge in [-0.2, -0.15) is 10.1 Å². The van der Waals surface area contributed by atoms with E-state index < -0.39 is 5.66 Å². The highest BCUT2D eigenvalue weighted by Crippen LogP contribution is 2.44. The molecule has 3 aromatic rings. The lowest BCUT2D eigenvalue weighted by Crippen LogP contribution is -2.42. The first-order valence-electron chi connectivity index (χ1n) is 8.63. The van der Waals surface area contributed by atoms with Crippen molar-refractivity contribution in [3.8, 4) is 0 Å². The normalized spacial score (nSPS) is 15.3. The van der Waals surface area contributed by atoms with Crippen molar-refractivity contribution in [3.63, 3.8) is 0 Å². The molecule has 3 aromatic carbocycles. The highest BCUT2D eigenvalue weighted by molar-refractivity contribution is 5.80. The molecule has 1 aliphatic rings. The Hall–Kier alpha value is -3.27. The third-order valence-corrected chi connectivity index (χ3v) is 4.45. The van der Waals surface area contributed by atoms with Crippen LogP contribution in [0.4, 0.5) is 5.69 Å². The SMILES string of the molecule is CN(C)C1=NC(c2ccccc2)(c2ccccc2)N(c2ccccc2)O1. The van der Waals surface area contributed by atoms with Crippen LogP contribution >= 0.6 is 0 Å². The molecule has 0 atom stereocenters. The maximum atomic E-state index is 6.24. The molecular weight excluding hydrogens is 322 g/mol. The number of para-hydroxylation sites is 1. The van der Waals surface area contributed by atoms with Crippen molar-refractivity contribution in [2.24, 2.45) is 4.99 Å². The molecule has 130 valence electrons. The summed E-state index contributed by atoms with van der Waals surface area (Å²) in [5.74, 6) is 0. The number of anilines is 1. The molecule has 0 radical (unpaired) electrons. The molecule has 0 bridgehead atoms. The molecule has 0 N–H and O–H groups in total. The molecule has 0 unspecified atom stereocenters. The van der Waals surface area contributed by atoms with Crippen LogP contribution in [0, 0.1) is 0 Å². The van der Waals surface area contributed by atoms with E-state index in [1.165, 1.54) is 0 Å². The molecule has 0 fully saturated rings. The Labute approximate surface area is 153 Å². The van der Waals surface area contributed by atoms with Gasteiger partial charge in [0.15, 0.2) is 0 Å². The zero-order valence-corrected chi connectivity index (χ0v) is 14.9. The quantitative estimate of drug-likeness (QED) is 0.711. The van der Waals surface area contributed by atoms with E-state index in [0.29, 0.717) is 6.02 Å². The van der Waals surface area contributed by atoms with E-state index in [-0.39, 0.29) is 0 Å². The molecule has 4 heteroatoms. The van der Waals surface area contributed by atoms with Gasteiger partial charge in [0.2, 0.25) is 5.66 Å². The van der Waals surface area contributed by atoms with Crippen LogP contribution < -0.4 is 5.06 Å². The molecule has 1 aliphatic heterocycles. The fourth-order valence-corrected chi connectivity index (χ4v) is 3.21. The Morgan fingerprint density at radius 2 is 1.19 bits per heavy atom. The van der Waals surface area contributed by atoms with Crippen LogP contribution in [-0.2, 0) is 10.5 Å². The van der Waals surface area contributed by atoms with Crippen LogP contribution in [0.25, 0.3) is 0 Å². The van der Waals surface area contributed by atoms with E-state index in [9.17, 15) is 0 Å². The number of hydrogen-bond donors (Lipinski definition) is 0. The second kappa shape index (κ2) is 6.56. The Morgan fingerprint density at radius 3 is 1.65 bits per heavy atom. The number of hydroxylamine groups is 1. The first-order chi connectivity index (χ1) is 12.7. The number of benzene rings is 3. The highest BCUT2D eigenvalue weighted by Gasteiger charge is 2.48. The van der Waals surface area contributed by atoms with Crippen molar-refractivity contribution < 1.29 is 4.84 Å². The summed E-state index contributed by atoms with van der Waals surface area (Å²) in [6.07, 6.45) is 0. The summed E-state index contributed by atoms with van der Waals surface area (Å²) in [6, 6.07) is 31.2. The number of hydrogen-bond acceptors (Lipinski definition) is 4. The molecule has 0 spiro atoms. The average molecular weight is 343 g/mol. The van der Waals surface area contributed by atoms with Gasteiger partial charge in [-0.1, -0.05) is 78.9 Å². The number of amidine groups is 1. The Morgan fingerprint density at radius 1 is 0.731 bits per heavy atom. The second-order valence-electron chi connectivity index (χ2n) is 6.41. The lowest BCUT2D eigenvalue weighted by Gasteiger charge is -2.35. The van der Waals surface area contributed by atoms with Crippen molar-refractivity contribution in [1.82, 2.24) is 4.90 Å².